The molecule has 0 aromatic heterocycles. The quantitative estimate of drug-likeness (QED) is 0.433. The SMILES string of the molecule is CCCCCCCCOC1CN(CCCCCCCC)C[C@H](O)[C@@H]1O. The molecule has 0 spiro atoms. The van der Waals surface area contributed by atoms with Gasteiger partial charge in [0.1, 0.15) is 6.10 Å². The van der Waals surface area contributed by atoms with Crippen LogP contribution in [0.3, 0.4) is 0 Å². The lowest BCUT2D eigenvalue weighted by Gasteiger charge is -2.39. The Kier molecular flexibility index (Phi) is 13.7. The molecule has 2 N–H and O–H groups in total. The van der Waals surface area contributed by atoms with Crippen LogP contribution in [0, 0.1) is 0 Å². The van der Waals surface area contributed by atoms with Gasteiger partial charge in [-0.15, -0.1) is 0 Å². The van der Waals surface area contributed by atoms with Crippen LogP contribution in [-0.2, 0) is 4.74 Å². The summed E-state index contributed by atoms with van der Waals surface area (Å²) >= 11 is 0. The zero-order valence-electron chi connectivity index (χ0n) is 16.8. The lowest BCUT2D eigenvalue weighted by Crippen LogP contribution is -2.56. The maximum Gasteiger partial charge on any atom is 0.108 e. The lowest BCUT2D eigenvalue weighted by atomic mass is 10.0. The number of piperidine rings is 1. The van der Waals surface area contributed by atoms with Gasteiger partial charge in [-0.05, 0) is 19.4 Å². The van der Waals surface area contributed by atoms with E-state index in [-0.39, 0.29) is 6.10 Å². The van der Waals surface area contributed by atoms with Gasteiger partial charge in [-0.3, -0.25) is 4.90 Å². The van der Waals surface area contributed by atoms with Crippen molar-refractivity contribution in [2.75, 3.05) is 26.2 Å². The lowest BCUT2D eigenvalue weighted by molar-refractivity contribution is -0.134. The summed E-state index contributed by atoms with van der Waals surface area (Å²) in [6.07, 6.45) is 13.5. The minimum Gasteiger partial charge on any atom is -0.389 e. The van der Waals surface area contributed by atoms with Crippen LogP contribution in [0.25, 0.3) is 0 Å². The molecule has 0 radical (unpaired) electrons. The molecular formula is C21H43NO3. The third kappa shape index (κ3) is 10.5. The van der Waals surface area contributed by atoms with Gasteiger partial charge in [0, 0.05) is 19.7 Å². The number of aliphatic hydroxyl groups excluding tert-OH is 2. The number of unbranched alkanes of at least 4 members (excludes halogenated alkanes) is 10. The first-order valence-electron chi connectivity index (χ1n) is 10.9. The summed E-state index contributed by atoms with van der Waals surface area (Å²) in [5.41, 5.74) is 0. The van der Waals surface area contributed by atoms with Crippen LogP contribution in [0.1, 0.15) is 90.9 Å². The fraction of sp³-hybridized carbons (Fsp3) is 1.00. The van der Waals surface area contributed by atoms with E-state index < -0.39 is 12.2 Å². The maximum atomic E-state index is 10.2. The van der Waals surface area contributed by atoms with Gasteiger partial charge in [0.05, 0.1) is 12.2 Å². The van der Waals surface area contributed by atoms with Crippen molar-refractivity contribution in [2.24, 2.45) is 0 Å². The second kappa shape index (κ2) is 15.0. The van der Waals surface area contributed by atoms with Crippen molar-refractivity contribution in [3.05, 3.63) is 0 Å². The number of β-amino-alcohol motifs (C(OH)–C–C–N with tert-alkyl or cyclic N) is 1. The molecule has 3 atom stereocenters. The molecule has 150 valence electrons. The average Bonchev–Trinajstić information content (AvgIpc) is 2.61. The normalized spacial score (nSPS) is 24.7. The Morgan fingerprint density at radius 2 is 1.32 bits per heavy atom. The first-order valence-corrected chi connectivity index (χ1v) is 10.9. The van der Waals surface area contributed by atoms with Crippen LogP contribution in [-0.4, -0.2) is 59.7 Å². The van der Waals surface area contributed by atoms with Crippen molar-refractivity contribution in [1.29, 1.82) is 0 Å². The average molecular weight is 358 g/mol. The van der Waals surface area contributed by atoms with Crippen molar-refractivity contribution < 1.29 is 14.9 Å². The van der Waals surface area contributed by atoms with Crippen molar-refractivity contribution in [3.8, 4) is 0 Å². The monoisotopic (exact) mass is 357 g/mol. The number of hydrogen-bond acceptors (Lipinski definition) is 4. The molecule has 1 aliphatic heterocycles. The Morgan fingerprint density at radius 3 is 1.96 bits per heavy atom. The van der Waals surface area contributed by atoms with Gasteiger partial charge in [0.15, 0.2) is 0 Å². The van der Waals surface area contributed by atoms with Crippen LogP contribution >= 0.6 is 0 Å². The minimum atomic E-state index is -0.735. The maximum absolute atomic E-state index is 10.2. The molecule has 4 heteroatoms. The highest BCUT2D eigenvalue weighted by molar-refractivity contribution is 4.87. The summed E-state index contributed by atoms with van der Waals surface area (Å²) < 4.78 is 5.91. The zero-order valence-corrected chi connectivity index (χ0v) is 16.8. The largest absolute Gasteiger partial charge is 0.389 e. The highest BCUT2D eigenvalue weighted by Crippen LogP contribution is 2.17. The van der Waals surface area contributed by atoms with E-state index >= 15 is 0 Å². The third-order valence-corrected chi connectivity index (χ3v) is 5.32. The topological polar surface area (TPSA) is 52.9 Å². The predicted molar refractivity (Wildman–Crippen MR) is 105 cm³/mol. The molecule has 0 aromatic carbocycles. The molecule has 1 aliphatic rings. The van der Waals surface area contributed by atoms with E-state index in [4.69, 9.17) is 4.74 Å². The van der Waals surface area contributed by atoms with Gasteiger partial charge in [0.25, 0.3) is 0 Å². The van der Waals surface area contributed by atoms with E-state index in [1.165, 1.54) is 70.6 Å². The van der Waals surface area contributed by atoms with E-state index in [2.05, 4.69) is 18.7 Å². The Hall–Kier alpha value is -0.160. The molecule has 0 amide bonds. The molecule has 1 rings (SSSR count). The molecule has 4 nitrogen and oxygen atoms in total. The van der Waals surface area contributed by atoms with Crippen LogP contribution in [0.5, 0.6) is 0 Å². The van der Waals surface area contributed by atoms with Gasteiger partial charge in [-0.2, -0.15) is 0 Å². The molecule has 1 fully saturated rings. The van der Waals surface area contributed by atoms with Gasteiger partial charge >= 0.3 is 0 Å². The van der Waals surface area contributed by atoms with E-state index in [9.17, 15) is 10.2 Å². The Labute approximate surface area is 155 Å². The third-order valence-electron chi connectivity index (χ3n) is 5.32. The van der Waals surface area contributed by atoms with Gasteiger partial charge in [-0.1, -0.05) is 78.1 Å². The van der Waals surface area contributed by atoms with E-state index in [1.807, 2.05) is 0 Å². The molecule has 0 saturated carbocycles. The summed E-state index contributed by atoms with van der Waals surface area (Å²) in [4.78, 5) is 2.27. The Bertz CT molecular complexity index is 301. The number of hydrogen-bond donors (Lipinski definition) is 2. The van der Waals surface area contributed by atoms with Crippen LogP contribution in [0.2, 0.25) is 0 Å². The van der Waals surface area contributed by atoms with Gasteiger partial charge in [-0.25, -0.2) is 0 Å². The standard InChI is InChI=1S/C21H43NO3/c1-3-5-7-9-11-13-15-22-17-19(23)21(24)20(18-22)25-16-14-12-10-8-6-4-2/h19-21,23-24H,3-18H2,1-2H3/t19-,20?,21-/m0/s1. The number of rotatable bonds is 15. The minimum absolute atomic E-state index is 0.237. The number of likely N-dealkylation sites (tertiary alicyclic amines) is 1. The number of nitrogens with zero attached hydrogens (tertiary/aromatic N) is 1. The summed E-state index contributed by atoms with van der Waals surface area (Å²) in [5.74, 6) is 0. The Morgan fingerprint density at radius 1 is 0.760 bits per heavy atom. The fourth-order valence-electron chi connectivity index (χ4n) is 3.62. The molecular weight excluding hydrogens is 314 g/mol. The second-order valence-electron chi connectivity index (χ2n) is 7.76. The molecule has 0 aromatic rings. The second-order valence-corrected chi connectivity index (χ2v) is 7.76. The van der Waals surface area contributed by atoms with Crippen LogP contribution in [0.4, 0.5) is 0 Å². The predicted octanol–water partition coefficient (Wildman–Crippen LogP) is 4.13. The Balaban J connectivity index is 2.15. The molecule has 0 bridgehead atoms. The van der Waals surface area contributed by atoms with Crippen molar-refractivity contribution in [2.45, 2.75) is 109 Å². The van der Waals surface area contributed by atoms with Crippen LogP contribution < -0.4 is 0 Å². The summed E-state index contributed by atoms with van der Waals surface area (Å²) in [5, 5.41) is 20.3. The molecule has 1 saturated heterocycles. The van der Waals surface area contributed by atoms with Crippen molar-refractivity contribution in [1.82, 2.24) is 4.90 Å². The summed E-state index contributed by atoms with van der Waals surface area (Å²) in [6, 6.07) is 0. The van der Waals surface area contributed by atoms with Gasteiger partial charge < -0.3 is 14.9 Å². The van der Waals surface area contributed by atoms with Crippen LogP contribution in [0.15, 0.2) is 0 Å². The first kappa shape index (κ1) is 22.9. The fourth-order valence-corrected chi connectivity index (χ4v) is 3.62. The van der Waals surface area contributed by atoms with E-state index in [0.29, 0.717) is 13.2 Å². The number of ether oxygens (including phenoxy) is 1. The zero-order chi connectivity index (χ0) is 18.3. The smallest absolute Gasteiger partial charge is 0.108 e. The number of aliphatic hydroxyl groups is 2. The molecule has 1 unspecified atom stereocenters. The van der Waals surface area contributed by atoms with Gasteiger partial charge in [0.2, 0.25) is 0 Å². The molecule has 0 aliphatic carbocycles. The highest BCUT2D eigenvalue weighted by atomic mass is 16.5. The van der Waals surface area contributed by atoms with Crippen molar-refractivity contribution in [3.63, 3.8) is 0 Å². The first-order chi connectivity index (χ1) is 12.2. The van der Waals surface area contributed by atoms with E-state index in [1.54, 1.807) is 0 Å². The summed E-state index contributed by atoms with van der Waals surface area (Å²) in [7, 11) is 0. The van der Waals surface area contributed by atoms with E-state index in [0.717, 1.165) is 19.5 Å². The van der Waals surface area contributed by atoms with Crippen molar-refractivity contribution >= 4 is 0 Å². The molecule has 1 heterocycles. The summed E-state index contributed by atoms with van der Waals surface area (Å²) in [6.45, 7) is 7.51. The highest BCUT2D eigenvalue weighted by Gasteiger charge is 2.34. The molecule has 25 heavy (non-hydrogen) atoms.